The van der Waals surface area contributed by atoms with Crippen LogP contribution in [0.3, 0.4) is 0 Å². The van der Waals surface area contributed by atoms with Crippen molar-refractivity contribution in [2.45, 2.75) is 45.4 Å². The van der Waals surface area contributed by atoms with Gasteiger partial charge in [0.2, 0.25) is 11.9 Å². The van der Waals surface area contributed by atoms with Crippen molar-refractivity contribution < 1.29 is 42.9 Å². The molecule has 5 aromatic rings. The summed E-state index contributed by atoms with van der Waals surface area (Å²) in [6.07, 6.45) is 3.36. The van der Waals surface area contributed by atoms with E-state index >= 15 is 0 Å². The fourth-order valence-electron chi connectivity index (χ4n) is 5.96. The number of anilines is 1. The number of aromatic amines is 1. The highest BCUT2D eigenvalue weighted by Crippen LogP contribution is 2.31. The summed E-state index contributed by atoms with van der Waals surface area (Å²) < 4.78 is 21.7. The number of H-pyrrole nitrogens is 1. The third kappa shape index (κ3) is 11.2. The van der Waals surface area contributed by atoms with Gasteiger partial charge in [0.1, 0.15) is 17.9 Å². The molecule has 3 amide bonds. The number of esters is 3. The number of rotatable bonds is 16. The van der Waals surface area contributed by atoms with Crippen LogP contribution in [0.4, 0.5) is 16.2 Å². The molecule has 6 rings (SSSR count). The molecule has 0 radical (unpaired) electrons. The van der Waals surface area contributed by atoms with Crippen LogP contribution in [-0.2, 0) is 39.9 Å². The van der Waals surface area contributed by atoms with Crippen LogP contribution in [0.5, 0.6) is 5.75 Å². The molecule has 2 atom stereocenters. The number of methoxy groups -OCH3 is 1. The van der Waals surface area contributed by atoms with E-state index < -0.39 is 36.1 Å². The number of aromatic nitrogens is 4. The van der Waals surface area contributed by atoms with Crippen molar-refractivity contribution >= 4 is 74.1 Å². The normalized spacial score (nSPS) is 13.9. The van der Waals surface area contributed by atoms with Gasteiger partial charge in [-0.1, -0.05) is 24.3 Å². The molecule has 3 heterocycles. The summed E-state index contributed by atoms with van der Waals surface area (Å²) in [5.41, 5.74) is 4.96. The molecule has 0 aliphatic carbocycles. The van der Waals surface area contributed by atoms with Crippen LogP contribution in [0.2, 0.25) is 0 Å². The molecule has 0 unspecified atom stereocenters. The molecule has 0 bridgehead atoms. The number of hydrogen-bond acceptors (Lipinski definition) is 13. The highest BCUT2D eigenvalue weighted by atomic mass is 79.9. The average molecular weight is 885 g/mol. The van der Waals surface area contributed by atoms with Crippen LogP contribution in [0.25, 0.3) is 22.2 Å². The minimum Gasteiger partial charge on any atom is -0.497 e. The fraction of sp³-hybridized carbons (Fsp3) is 0.293. The lowest BCUT2D eigenvalue weighted by Gasteiger charge is -2.24. The summed E-state index contributed by atoms with van der Waals surface area (Å²) in [5.74, 6) is -2.12. The summed E-state index contributed by atoms with van der Waals surface area (Å²) in [7, 11) is 1.54. The van der Waals surface area contributed by atoms with Crippen molar-refractivity contribution in [3.8, 4) is 16.9 Å². The van der Waals surface area contributed by atoms with Crippen LogP contribution in [-0.4, -0.2) is 111 Å². The van der Waals surface area contributed by atoms with Gasteiger partial charge in [0.15, 0.2) is 12.2 Å². The van der Waals surface area contributed by atoms with Crippen molar-refractivity contribution in [1.29, 1.82) is 0 Å². The van der Waals surface area contributed by atoms with Crippen LogP contribution in [0.15, 0.2) is 94.9 Å². The number of benzene rings is 3. The number of amides is 3. The zero-order chi connectivity index (χ0) is 42.6. The molecule has 1 saturated heterocycles. The van der Waals surface area contributed by atoms with Crippen molar-refractivity contribution in [2.75, 3.05) is 38.7 Å². The Bertz CT molecular complexity index is 2360. The SMILES string of the molecule is COc1cccc(CN(CCOC(=O)[C@H](C)OC(=O)[C@H](C)OC(=O)CCC(=O)N2CCN/C2=N/c2ccc3nccnc3c2Br)C(=O)Nc2ccc(-c3cn[nH]c3)cc2)c1. The number of nitrogens with zero attached hydrogens (tertiary/aromatic N) is 6. The molecule has 18 nitrogen and oxygen atoms in total. The molecular formula is C41H42BrN9O9. The smallest absolute Gasteiger partial charge is 0.347 e. The van der Waals surface area contributed by atoms with E-state index in [0.717, 1.165) is 16.7 Å². The number of carbonyl (C=O) groups is 5. The fourth-order valence-corrected chi connectivity index (χ4v) is 6.48. The van der Waals surface area contributed by atoms with E-state index in [9.17, 15) is 24.0 Å². The predicted molar refractivity (Wildman–Crippen MR) is 222 cm³/mol. The lowest BCUT2D eigenvalue weighted by Crippen LogP contribution is -2.38. The standard InChI is InChI=1S/C41H42BrN9O9/c1-25(38(54)58-20-19-50(24-27-5-4-6-31(21-27)57-3)41(56)48-30-9-7-28(8-10-30)29-22-46-47-23-29)60-39(55)26(2)59-35(53)14-13-34(52)51-18-17-45-40(51)49-32-11-12-33-37(36(32)42)44-16-15-43-33/h4-12,15-16,21-23,25-26H,13-14,17-20,24H2,1-3H3,(H,45,49)(H,46,47)(H,48,56)/t25-,26-/m0/s1. The summed E-state index contributed by atoms with van der Waals surface area (Å²) in [6.45, 7) is 3.34. The maximum atomic E-state index is 13.5. The van der Waals surface area contributed by atoms with E-state index in [0.29, 0.717) is 51.7 Å². The van der Waals surface area contributed by atoms with Gasteiger partial charge in [-0.05, 0) is 77.3 Å². The second-order valence-electron chi connectivity index (χ2n) is 13.4. The van der Waals surface area contributed by atoms with Gasteiger partial charge in [-0.15, -0.1) is 0 Å². The lowest BCUT2D eigenvalue weighted by molar-refractivity contribution is -0.177. The maximum Gasteiger partial charge on any atom is 0.347 e. The lowest BCUT2D eigenvalue weighted by atomic mass is 10.1. The third-order valence-electron chi connectivity index (χ3n) is 9.14. The highest BCUT2D eigenvalue weighted by molar-refractivity contribution is 9.10. The summed E-state index contributed by atoms with van der Waals surface area (Å²) >= 11 is 3.52. The van der Waals surface area contributed by atoms with E-state index in [4.69, 9.17) is 18.9 Å². The zero-order valence-corrected chi connectivity index (χ0v) is 34.5. The molecular weight excluding hydrogens is 842 g/mol. The van der Waals surface area contributed by atoms with E-state index in [1.165, 1.54) is 23.6 Å². The largest absolute Gasteiger partial charge is 0.497 e. The monoisotopic (exact) mass is 883 g/mol. The van der Waals surface area contributed by atoms with Gasteiger partial charge in [0.25, 0.3) is 0 Å². The van der Waals surface area contributed by atoms with E-state index in [1.807, 2.05) is 18.2 Å². The van der Waals surface area contributed by atoms with Gasteiger partial charge in [-0.25, -0.2) is 19.4 Å². The summed E-state index contributed by atoms with van der Waals surface area (Å²) in [6, 6.07) is 17.5. The quantitative estimate of drug-likeness (QED) is 0.0866. The van der Waals surface area contributed by atoms with Gasteiger partial charge >= 0.3 is 23.9 Å². The van der Waals surface area contributed by atoms with Crippen molar-refractivity contribution in [3.63, 3.8) is 0 Å². The number of fused-ring (bicyclic) bond motifs is 1. The molecule has 19 heteroatoms. The molecule has 3 N–H and O–H groups in total. The number of urea groups is 1. The first-order valence-electron chi connectivity index (χ1n) is 18.9. The van der Waals surface area contributed by atoms with E-state index in [-0.39, 0.29) is 38.4 Å². The minimum atomic E-state index is -1.38. The first kappa shape index (κ1) is 42.7. The molecule has 1 aliphatic heterocycles. The Labute approximate surface area is 352 Å². The number of guanidine groups is 1. The molecule has 0 spiro atoms. The number of carbonyl (C=O) groups excluding carboxylic acids is 5. The summed E-state index contributed by atoms with van der Waals surface area (Å²) in [4.78, 5) is 80.9. The van der Waals surface area contributed by atoms with Crippen LogP contribution >= 0.6 is 15.9 Å². The Balaban J connectivity index is 0.958. The number of nitrogens with one attached hydrogen (secondary N) is 3. The Morgan fingerprint density at radius 3 is 2.50 bits per heavy atom. The van der Waals surface area contributed by atoms with Gasteiger partial charge < -0.3 is 34.5 Å². The van der Waals surface area contributed by atoms with Crippen LogP contribution in [0, 0.1) is 0 Å². The number of aliphatic imine (C=N–C) groups is 1. The number of halogens is 1. The molecule has 3 aromatic carbocycles. The average Bonchev–Trinajstić information content (AvgIpc) is 3.97. The molecule has 1 fully saturated rings. The van der Waals surface area contributed by atoms with E-state index in [1.54, 1.807) is 74.4 Å². The van der Waals surface area contributed by atoms with Gasteiger partial charge in [0, 0.05) is 55.9 Å². The second kappa shape index (κ2) is 20.2. The van der Waals surface area contributed by atoms with Crippen molar-refractivity contribution in [2.24, 2.45) is 4.99 Å². The minimum absolute atomic E-state index is 0.00763. The first-order chi connectivity index (χ1) is 29.0. The highest BCUT2D eigenvalue weighted by Gasteiger charge is 2.29. The zero-order valence-electron chi connectivity index (χ0n) is 32.9. The van der Waals surface area contributed by atoms with Crippen molar-refractivity contribution in [1.82, 2.24) is 35.3 Å². The topological polar surface area (TPSA) is 220 Å². The number of hydrogen-bond donors (Lipinski definition) is 3. The van der Waals surface area contributed by atoms with E-state index in [2.05, 4.69) is 51.7 Å². The second-order valence-corrected chi connectivity index (χ2v) is 14.2. The van der Waals surface area contributed by atoms with Gasteiger partial charge in [0.05, 0.1) is 41.9 Å². The van der Waals surface area contributed by atoms with Gasteiger partial charge in [-0.2, -0.15) is 5.10 Å². The van der Waals surface area contributed by atoms with Crippen LogP contribution in [0.1, 0.15) is 32.3 Å². The Hall–Kier alpha value is -6.89. The van der Waals surface area contributed by atoms with Crippen molar-refractivity contribution in [3.05, 3.63) is 95.5 Å². The predicted octanol–water partition coefficient (Wildman–Crippen LogP) is 5.13. The Morgan fingerprint density at radius 2 is 1.73 bits per heavy atom. The van der Waals surface area contributed by atoms with Crippen LogP contribution < -0.4 is 15.4 Å². The first-order valence-corrected chi connectivity index (χ1v) is 19.6. The third-order valence-corrected chi connectivity index (χ3v) is 9.92. The summed E-state index contributed by atoms with van der Waals surface area (Å²) in [5, 5.41) is 12.7. The molecule has 1 aliphatic rings. The molecule has 0 saturated carbocycles. The Kier molecular flexibility index (Phi) is 14.4. The number of ether oxygens (including phenoxy) is 4. The molecule has 312 valence electrons. The maximum absolute atomic E-state index is 13.5. The van der Waals surface area contributed by atoms with Gasteiger partial charge in [-0.3, -0.25) is 29.6 Å². The molecule has 2 aromatic heterocycles. The Morgan fingerprint density at radius 1 is 0.950 bits per heavy atom. The molecule has 60 heavy (non-hydrogen) atoms.